The molecule has 0 aliphatic heterocycles. The number of rotatable bonds is 10. The molecule has 3 heterocycles. The van der Waals surface area contributed by atoms with Crippen molar-refractivity contribution in [2.45, 2.75) is 46.1 Å². The summed E-state index contributed by atoms with van der Waals surface area (Å²) < 4.78 is 9.96. The fourth-order valence-corrected chi connectivity index (χ4v) is 5.17. The average Bonchev–Trinajstić information content (AvgIpc) is 3.75. The minimum absolute atomic E-state index is 0.214. The highest BCUT2D eigenvalue weighted by atomic mass is 16.5. The van der Waals surface area contributed by atoms with Crippen LogP contribution in [0, 0.1) is 6.92 Å². The van der Waals surface area contributed by atoms with Crippen LogP contribution in [0.1, 0.15) is 38.4 Å². The van der Waals surface area contributed by atoms with Gasteiger partial charge in [-0.1, -0.05) is 62.7 Å². The molecule has 0 aliphatic rings. The first-order valence-electron chi connectivity index (χ1n) is 16.0. The quantitative estimate of drug-likeness (QED) is 0.111. The Hall–Kier alpha value is -6.17. The number of pyridine rings is 1. The van der Waals surface area contributed by atoms with E-state index in [2.05, 4.69) is 52.0 Å². The summed E-state index contributed by atoms with van der Waals surface area (Å²) in [4.78, 5) is 34.1. The van der Waals surface area contributed by atoms with Crippen LogP contribution in [0.2, 0.25) is 0 Å². The van der Waals surface area contributed by atoms with Crippen molar-refractivity contribution >= 4 is 40.2 Å². The molecule has 6 aromatic rings. The van der Waals surface area contributed by atoms with Gasteiger partial charge in [0.15, 0.2) is 0 Å². The molecule has 0 fully saturated rings. The average molecular weight is 658 g/mol. The molecule has 0 aliphatic carbocycles. The van der Waals surface area contributed by atoms with Crippen LogP contribution in [0.15, 0.2) is 104 Å². The van der Waals surface area contributed by atoms with Gasteiger partial charge in [0.05, 0.1) is 23.4 Å². The number of hydrogen-bond donors (Lipinski definition) is 4. The highest BCUT2D eigenvalue weighted by molar-refractivity contribution is 6.07. The summed E-state index contributed by atoms with van der Waals surface area (Å²) >= 11 is 0. The zero-order chi connectivity index (χ0) is 34.4. The van der Waals surface area contributed by atoms with Crippen LogP contribution >= 0.6 is 0 Å². The van der Waals surface area contributed by atoms with Crippen molar-refractivity contribution in [3.05, 3.63) is 115 Å². The predicted molar refractivity (Wildman–Crippen MR) is 192 cm³/mol. The maximum Gasteiger partial charge on any atom is 0.324 e. The molecule has 0 unspecified atom stereocenters. The number of urea groups is 2. The van der Waals surface area contributed by atoms with Gasteiger partial charge >= 0.3 is 12.1 Å². The lowest BCUT2D eigenvalue weighted by Crippen LogP contribution is -2.30. The van der Waals surface area contributed by atoms with Crippen LogP contribution in [-0.4, -0.2) is 42.9 Å². The van der Waals surface area contributed by atoms with E-state index in [0.717, 1.165) is 40.7 Å². The highest BCUT2D eigenvalue weighted by Gasteiger charge is 2.22. The van der Waals surface area contributed by atoms with Crippen LogP contribution in [0.25, 0.3) is 16.5 Å². The van der Waals surface area contributed by atoms with Gasteiger partial charge in [0.2, 0.25) is 0 Å². The Balaban J connectivity index is 1.14. The van der Waals surface area contributed by atoms with Gasteiger partial charge in [0.1, 0.15) is 23.1 Å². The summed E-state index contributed by atoms with van der Waals surface area (Å²) in [5.41, 5.74) is 3.23. The number of aromatic nitrogens is 5. The van der Waals surface area contributed by atoms with Crippen molar-refractivity contribution in [1.82, 2.24) is 29.6 Å². The maximum atomic E-state index is 13.4. The summed E-state index contributed by atoms with van der Waals surface area (Å²) in [5.74, 6) is 1.98. The maximum absolute atomic E-state index is 13.4. The van der Waals surface area contributed by atoms with E-state index in [-0.39, 0.29) is 11.4 Å². The van der Waals surface area contributed by atoms with E-state index in [1.807, 2.05) is 72.3 Å². The van der Waals surface area contributed by atoms with Gasteiger partial charge in [-0.25, -0.2) is 24.2 Å². The van der Waals surface area contributed by atoms with Crippen molar-refractivity contribution in [1.29, 1.82) is 0 Å². The predicted octanol–water partition coefficient (Wildman–Crippen LogP) is 7.87. The van der Waals surface area contributed by atoms with Gasteiger partial charge in [0, 0.05) is 60.0 Å². The lowest BCUT2D eigenvalue weighted by Gasteiger charge is -2.15. The number of nitrogens with one attached hydrogen (secondary N) is 4. The minimum atomic E-state index is -0.405. The second-order valence-corrected chi connectivity index (χ2v) is 12.7. The molecule has 0 radical (unpaired) electrons. The Labute approximate surface area is 284 Å². The Morgan fingerprint density at radius 2 is 1.65 bits per heavy atom. The number of ether oxygens (including phenoxy) is 1. The van der Waals surface area contributed by atoms with E-state index in [0.29, 0.717) is 35.4 Å². The molecular weight excluding hydrogens is 618 g/mol. The number of amides is 4. The monoisotopic (exact) mass is 657 g/mol. The number of imidazole rings is 1. The first kappa shape index (κ1) is 32.8. The fourth-order valence-electron chi connectivity index (χ4n) is 5.17. The van der Waals surface area contributed by atoms with Gasteiger partial charge in [-0.3, -0.25) is 10.6 Å². The smallest absolute Gasteiger partial charge is 0.324 e. The first-order valence-corrected chi connectivity index (χ1v) is 16.0. The number of hydrogen-bond acceptors (Lipinski definition) is 6. The second kappa shape index (κ2) is 14.3. The number of carbonyl (C=O) groups is 2. The molecular formula is C37H39N9O3. The molecule has 0 atom stereocenters. The summed E-state index contributed by atoms with van der Waals surface area (Å²) in [5, 5.41) is 18.0. The summed E-state index contributed by atoms with van der Waals surface area (Å²) in [6, 6.07) is 23.7. The van der Waals surface area contributed by atoms with E-state index in [1.54, 1.807) is 47.7 Å². The number of nitrogens with zero attached hydrogens (tertiary/aromatic N) is 5. The molecule has 0 bridgehead atoms. The SMILES string of the molecule is Cc1ccc(-n2nc(C(C)(C)C)cc2NC(=O)Nc2ccc(Oc3ccnc(NC(=O)NCCCn4ccnc4)c3)c3ccccc23)cc1. The lowest BCUT2D eigenvalue weighted by molar-refractivity contribution is 0.251. The van der Waals surface area contributed by atoms with Gasteiger partial charge in [-0.15, -0.1) is 0 Å². The van der Waals surface area contributed by atoms with E-state index in [4.69, 9.17) is 9.84 Å². The standard InChI is InChI=1S/C37H39N9O3/c1-25-10-12-26(13-11-25)46-34(23-32(44-46)37(2,3)4)43-36(48)41-30-14-15-31(29-9-6-5-8-28(29)30)49-27-16-18-39-33(22-27)42-35(47)40-17-7-20-45-21-19-38-24-45/h5-6,8-16,18-19,21-24H,7,17,20H2,1-4H3,(H2,41,43,48)(H2,39,40,42,47). The van der Waals surface area contributed by atoms with E-state index < -0.39 is 6.03 Å². The summed E-state index contributed by atoms with van der Waals surface area (Å²) in [6.07, 6.45) is 7.68. The van der Waals surface area contributed by atoms with E-state index >= 15 is 0 Å². The molecule has 12 nitrogen and oxygen atoms in total. The third-order valence-corrected chi connectivity index (χ3v) is 7.77. The molecule has 4 amide bonds. The van der Waals surface area contributed by atoms with Crippen LogP contribution in [0.4, 0.5) is 26.9 Å². The van der Waals surface area contributed by atoms with E-state index in [1.165, 1.54) is 0 Å². The lowest BCUT2D eigenvalue weighted by atomic mass is 9.92. The Morgan fingerprint density at radius 3 is 2.41 bits per heavy atom. The van der Waals surface area contributed by atoms with Crippen molar-refractivity contribution < 1.29 is 14.3 Å². The Bertz CT molecular complexity index is 2060. The molecule has 250 valence electrons. The zero-order valence-corrected chi connectivity index (χ0v) is 27.9. The third-order valence-electron chi connectivity index (χ3n) is 7.77. The Morgan fingerprint density at radius 1 is 0.857 bits per heavy atom. The van der Waals surface area contributed by atoms with Crippen LogP contribution < -0.4 is 26.0 Å². The molecule has 6 rings (SSSR count). The van der Waals surface area contributed by atoms with E-state index in [9.17, 15) is 9.59 Å². The molecule has 12 heteroatoms. The molecule has 3 aromatic heterocycles. The second-order valence-electron chi connectivity index (χ2n) is 12.7. The van der Waals surface area contributed by atoms with Crippen molar-refractivity contribution in [2.24, 2.45) is 0 Å². The van der Waals surface area contributed by atoms with Gasteiger partial charge in [-0.2, -0.15) is 5.10 Å². The van der Waals surface area contributed by atoms with Gasteiger partial charge < -0.3 is 19.9 Å². The van der Waals surface area contributed by atoms with Crippen molar-refractivity contribution in [3.8, 4) is 17.2 Å². The first-order chi connectivity index (χ1) is 23.6. The third kappa shape index (κ3) is 8.22. The minimum Gasteiger partial charge on any atom is -0.457 e. The van der Waals surface area contributed by atoms with Gasteiger partial charge in [0.25, 0.3) is 0 Å². The van der Waals surface area contributed by atoms with Crippen LogP contribution in [0.3, 0.4) is 0 Å². The largest absolute Gasteiger partial charge is 0.457 e. The molecule has 0 saturated heterocycles. The number of aryl methyl sites for hydroxylation is 2. The normalized spacial score (nSPS) is 11.3. The molecule has 4 N–H and O–H groups in total. The number of benzene rings is 3. The summed E-state index contributed by atoms with van der Waals surface area (Å²) in [7, 11) is 0. The number of anilines is 3. The van der Waals surface area contributed by atoms with Gasteiger partial charge in [-0.05, 0) is 43.7 Å². The van der Waals surface area contributed by atoms with Crippen LogP contribution in [0.5, 0.6) is 11.5 Å². The summed E-state index contributed by atoms with van der Waals surface area (Å²) in [6.45, 7) is 9.54. The molecule has 49 heavy (non-hydrogen) atoms. The zero-order valence-electron chi connectivity index (χ0n) is 27.9. The number of carbonyl (C=O) groups excluding carboxylic acids is 2. The fraction of sp³-hybridized carbons (Fsp3) is 0.216. The van der Waals surface area contributed by atoms with Crippen LogP contribution in [-0.2, 0) is 12.0 Å². The molecule has 3 aromatic carbocycles. The van der Waals surface area contributed by atoms with Crippen molar-refractivity contribution in [2.75, 3.05) is 22.5 Å². The van der Waals surface area contributed by atoms with Crippen molar-refractivity contribution in [3.63, 3.8) is 0 Å². The number of fused-ring (bicyclic) bond motifs is 1. The molecule has 0 saturated carbocycles. The topological polar surface area (TPSA) is 140 Å². The highest BCUT2D eigenvalue weighted by Crippen LogP contribution is 2.35. The Kier molecular flexibility index (Phi) is 9.56. The molecule has 0 spiro atoms.